The fourth-order valence-electron chi connectivity index (χ4n) is 10.1. The number of methoxy groups -OCH3 is 1. The maximum atomic E-state index is 12.7. The van der Waals surface area contributed by atoms with Crippen molar-refractivity contribution in [3.05, 3.63) is 23.8 Å². The Hall–Kier alpha value is -2.23. The Labute approximate surface area is 262 Å². The van der Waals surface area contributed by atoms with Gasteiger partial charge in [0.2, 0.25) is 0 Å². The first-order valence-electron chi connectivity index (χ1n) is 16.1. The number of rotatable bonds is 7. The SMILES string of the molecule is C=C(C)[C@@H]1C[C@@H](OC(C)=O)[C@@]2(C)C3=CC[C@@H]([C@H]4COC(C)(C)[C@@H](O)[C@H](O)C4)[C@]3(C)CC[C@@H]2[C@@]1(C)[C@H](CC(=O)OC)OC(C)=O. The van der Waals surface area contributed by atoms with Crippen LogP contribution in [0.2, 0.25) is 0 Å². The fraction of sp³-hybridized carbons (Fsp3) is 0.800. The van der Waals surface area contributed by atoms with Crippen LogP contribution in [-0.2, 0) is 33.3 Å². The molecule has 0 aromatic rings. The number of aliphatic hydroxyl groups excluding tert-OH is 2. The van der Waals surface area contributed by atoms with Gasteiger partial charge < -0.3 is 29.2 Å². The van der Waals surface area contributed by atoms with Gasteiger partial charge >= 0.3 is 17.9 Å². The topological polar surface area (TPSA) is 129 Å². The van der Waals surface area contributed by atoms with Crippen LogP contribution in [0.4, 0.5) is 0 Å². The van der Waals surface area contributed by atoms with E-state index in [0.29, 0.717) is 19.4 Å². The Kier molecular flexibility index (Phi) is 9.59. The van der Waals surface area contributed by atoms with Crippen LogP contribution >= 0.6 is 0 Å². The molecule has 11 atom stereocenters. The first kappa shape index (κ1) is 34.6. The molecule has 0 aromatic carbocycles. The molecule has 0 radical (unpaired) electrons. The van der Waals surface area contributed by atoms with Crippen LogP contribution in [0.15, 0.2) is 23.8 Å². The number of aliphatic hydroxyl groups is 2. The molecule has 0 unspecified atom stereocenters. The number of hydrogen-bond acceptors (Lipinski definition) is 9. The Morgan fingerprint density at radius 2 is 1.73 bits per heavy atom. The van der Waals surface area contributed by atoms with E-state index in [1.807, 2.05) is 20.8 Å². The summed E-state index contributed by atoms with van der Waals surface area (Å²) in [5, 5.41) is 21.7. The average Bonchev–Trinajstić information content (AvgIpc) is 3.24. The third-order valence-corrected chi connectivity index (χ3v) is 12.2. The van der Waals surface area contributed by atoms with Gasteiger partial charge in [-0.25, -0.2) is 0 Å². The monoisotopic (exact) mass is 618 g/mol. The highest BCUT2D eigenvalue weighted by atomic mass is 16.6. The van der Waals surface area contributed by atoms with E-state index in [-0.39, 0.29) is 41.5 Å². The zero-order valence-corrected chi connectivity index (χ0v) is 28.1. The van der Waals surface area contributed by atoms with Crippen LogP contribution in [0.5, 0.6) is 0 Å². The van der Waals surface area contributed by atoms with E-state index in [0.717, 1.165) is 24.8 Å². The number of esters is 3. The maximum Gasteiger partial charge on any atom is 0.309 e. The minimum Gasteiger partial charge on any atom is -0.469 e. The van der Waals surface area contributed by atoms with Gasteiger partial charge in [-0.05, 0) is 82.0 Å². The number of carbonyl (C=O) groups excluding carboxylic acids is 3. The predicted octanol–water partition coefficient (Wildman–Crippen LogP) is 4.92. The van der Waals surface area contributed by atoms with Crippen molar-refractivity contribution in [2.45, 2.75) is 124 Å². The third kappa shape index (κ3) is 5.66. The molecule has 2 N–H and O–H groups in total. The Balaban J connectivity index is 1.82. The van der Waals surface area contributed by atoms with Crippen molar-refractivity contribution >= 4 is 17.9 Å². The lowest BCUT2D eigenvalue weighted by Gasteiger charge is -2.66. The van der Waals surface area contributed by atoms with Gasteiger partial charge in [-0.15, -0.1) is 0 Å². The van der Waals surface area contributed by atoms with Gasteiger partial charge in [-0.3, -0.25) is 14.4 Å². The van der Waals surface area contributed by atoms with E-state index in [1.165, 1.54) is 26.5 Å². The normalized spacial score (nSPS) is 42.1. The molecule has 0 spiro atoms. The number of allylic oxidation sites excluding steroid dienone is 2. The largest absolute Gasteiger partial charge is 0.469 e. The molecule has 3 fully saturated rings. The fourth-order valence-corrected chi connectivity index (χ4v) is 10.1. The zero-order chi connectivity index (χ0) is 33.0. The zero-order valence-electron chi connectivity index (χ0n) is 28.1. The lowest BCUT2D eigenvalue weighted by atomic mass is 9.40. The highest BCUT2D eigenvalue weighted by Gasteiger charge is 2.69. The first-order valence-corrected chi connectivity index (χ1v) is 16.1. The summed E-state index contributed by atoms with van der Waals surface area (Å²) < 4.78 is 23.4. The molecule has 44 heavy (non-hydrogen) atoms. The molecule has 248 valence electrons. The van der Waals surface area contributed by atoms with Gasteiger partial charge in [0.05, 0.1) is 31.8 Å². The molecule has 1 saturated heterocycles. The average molecular weight is 619 g/mol. The van der Waals surface area contributed by atoms with Crippen LogP contribution in [0.1, 0.15) is 93.9 Å². The van der Waals surface area contributed by atoms with Gasteiger partial charge in [-0.1, -0.05) is 44.6 Å². The van der Waals surface area contributed by atoms with E-state index in [1.54, 1.807) is 0 Å². The molecule has 2 saturated carbocycles. The molecule has 4 rings (SSSR count). The van der Waals surface area contributed by atoms with E-state index < -0.39 is 52.8 Å². The molecular weight excluding hydrogens is 564 g/mol. The van der Waals surface area contributed by atoms with Gasteiger partial charge in [0.15, 0.2) is 0 Å². The predicted molar refractivity (Wildman–Crippen MR) is 164 cm³/mol. The molecule has 9 heteroatoms. The molecule has 3 aliphatic carbocycles. The van der Waals surface area contributed by atoms with Gasteiger partial charge in [0.1, 0.15) is 18.3 Å². The summed E-state index contributed by atoms with van der Waals surface area (Å²) in [6.07, 6.45) is 2.33. The Morgan fingerprint density at radius 1 is 1.07 bits per heavy atom. The smallest absolute Gasteiger partial charge is 0.309 e. The minimum absolute atomic E-state index is 0.0127. The third-order valence-electron chi connectivity index (χ3n) is 12.2. The summed E-state index contributed by atoms with van der Waals surface area (Å²) in [6.45, 7) is 19.7. The number of fused-ring (bicyclic) bond motifs is 3. The summed E-state index contributed by atoms with van der Waals surface area (Å²) in [5.41, 5.74) is -0.401. The summed E-state index contributed by atoms with van der Waals surface area (Å²) in [7, 11) is 1.33. The molecule has 0 aromatic heterocycles. The first-order chi connectivity index (χ1) is 20.3. The van der Waals surface area contributed by atoms with Gasteiger partial charge in [0.25, 0.3) is 0 Å². The Bertz CT molecular complexity index is 1190. The summed E-state index contributed by atoms with van der Waals surface area (Å²) in [4.78, 5) is 37.8. The van der Waals surface area contributed by atoms with Crippen molar-refractivity contribution in [3.8, 4) is 0 Å². The van der Waals surface area contributed by atoms with Crippen molar-refractivity contribution < 1.29 is 43.5 Å². The lowest BCUT2D eigenvalue weighted by Crippen LogP contribution is -2.65. The van der Waals surface area contributed by atoms with E-state index in [4.69, 9.17) is 18.9 Å². The molecule has 1 heterocycles. The van der Waals surface area contributed by atoms with Crippen LogP contribution < -0.4 is 0 Å². The van der Waals surface area contributed by atoms with E-state index in [9.17, 15) is 24.6 Å². The van der Waals surface area contributed by atoms with Gasteiger partial charge in [0, 0.05) is 24.7 Å². The number of hydrogen-bond donors (Lipinski definition) is 2. The van der Waals surface area contributed by atoms with Crippen molar-refractivity contribution in [3.63, 3.8) is 0 Å². The van der Waals surface area contributed by atoms with Crippen LogP contribution in [0.3, 0.4) is 0 Å². The minimum atomic E-state index is -0.984. The lowest BCUT2D eigenvalue weighted by molar-refractivity contribution is -0.207. The standard InChI is InChI=1S/C35H54O9/c1-19(2)24-16-28(43-20(3)36)35(9)26-12-11-23(22-15-25(38)31(40)32(5,6)42-18-22)33(26,7)14-13-27(35)34(24,8)29(44-21(4)37)17-30(39)41-10/h12,22-25,27-29,31,38,40H,1,11,13-18H2,2-10H3/t22-,23+,24+,25-,27-,28-,29+,31+,33+,34+,35+/m1/s1. The van der Waals surface area contributed by atoms with Gasteiger partial charge in [-0.2, -0.15) is 0 Å². The quantitative estimate of drug-likeness (QED) is 0.232. The molecule has 0 amide bonds. The number of carbonyl (C=O) groups is 3. The molecule has 1 aliphatic heterocycles. The molecule has 9 nitrogen and oxygen atoms in total. The van der Waals surface area contributed by atoms with Crippen LogP contribution in [0, 0.1) is 39.9 Å². The van der Waals surface area contributed by atoms with Crippen LogP contribution in [0.25, 0.3) is 0 Å². The summed E-state index contributed by atoms with van der Waals surface area (Å²) in [5.74, 6) is -1.45. The Morgan fingerprint density at radius 3 is 2.30 bits per heavy atom. The molecular formula is C35H54O9. The molecule has 0 bridgehead atoms. The second kappa shape index (κ2) is 12.2. The van der Waals surface area contributed by atoms with Crippen molar-refractivity contribution in [2.75, 3.05) is 13.7 Å². The summed E-state index contributed by atoms with van der Waals surface area (Å²) in [6, 6.07) is 0. The molecule has 4 aliphatic rings. The van der Waals surface area contributed by atoms with Crippen molar-refractivity contribution in [1.29, 1.82) is 0 Å². The van der Waals surface area contributed by atoms with Crippen LogP contribution in [-0.4, -0.2) is 71.9 Å². The second-order valence-electron chi connectivity index (χ2n) is 15.2. The van der Waals surface area contributed by atoms with Crippen molar-refractivity contribution in [1.82, 2.24) is 0 Å². The maximum absolute atomic E-state index is 12.7. The summed E-state index contributed by atoms with van der Waals surface area (Å²) >= 11 is 0. The highest BCUT2D eigenvalue weighted by molar-refractivity contribution is 5.71. The van der Waals surface area contributed by atoms with E-state index in [2.05, 4.69) is 33.4 Å². The number of ether oxygens (including phenoxy) is 4. The van der Waals surface area contributed by atoms with E-state index >= 15 is 0 Å². The second-order valence-corrected chi connectivity index (χ2v) is 15.2. The van der Waals surface area contributed by atoms with Crippen molar-refractivity contribution in [2.24, 2.45) is 39.9 Å². The highest BCUT2D eigenvalue weighted by Crippen LogP contribution is 2.71.